The number of hydrogen-bond acceptors (Lipinski definition) is 3. The maximum Gasteiger partial charge on any atom is 0.216 e. The molecule has 0 aromatic rings. The van der Waals surface area contributed by atoms with Crippen molar-refractivity contribution in [3.8, 4) is 0 Å². The molecule has 1 N–H and O–H groups in total. The monoisotopic (exact) mass is 238 g/mol. The minimum Gasteiger partial charge on any atom is -0.381 e. The van der Waals surface area contributed by atoms with Crippen molar-refractivity contribution >= 4 is 5.91 Å². The van der Waals surface area contributed by atoms with Crippen LogP contribution in [0.15, 0.2) is 0 Å². The predicted octanol–water partition coefficient (Wildman–Crippen LogP) is 0.479. The first-order chi connectivity index (χ1) is 8.25. The van der Waals surface area contributed by atoms with Gasteiger partial charge in [-0.15, -0.1) is 0 Å². The van der Waals surface area contributed by atoms with Crippen molar-refractivity contribution in [1.29, 1.82) is 0 Å². The molecule has 96 valence electrons. The van der Waals surface area contributed by atoms with Gasteiger partial charge in [-0.25, -0.2) is 0 Å². The van der Waals surface area contributed by atoms with Crippen LogP contribution in [0.2, 0.25) is 0 Å². The molecule has 0 spiro atoms. The summed E-state index contributed by atoms with van der Waals surface area (Å²) in [7, 11) is 0. The summed E-state index contributed by atoms with van der Waals surface area (Å²) in [5.41, 5.74) is 0. The zero-order valence-corrected chi connectivity index (χ0v) is 10.5. The second-order valence-electron chi connectivity index (χ2n) is 5.73. The molecule has 0 radical (unpaired) electrons. The molecule has 2 atom stereocenters. The smallest absolute Gasteiger partial charge is 0.216 e. The summed E-state index contributed by atoms with van der Waals surface area (Å²) in [5, 5.41) is 2.95. The van der Waals surface area contributed by atoms with Gasteiger partial charge >= 0.3 is 0 Å². The van der Waals surface area contributed by atoms with E-state index in [2.05, 4.69) is 10.2 Å². The number of piperidine rings is 1. The van der Waals surface area contributed by atoms with E-state index in [1.54, 1.807) is 6.92 Å². The Labute approximate surface area is 103 Å². The highest BCUT2D eigenvalue weighted by atomic mass is 16.5. The second kappa shape index (κ2) is 4.58. The van der Waals surface area contributed by atoms with Crippen molar-refractivity contribution in [3.05, 3.63) is 0 Å². The number of hydrogen-bond donors (Lipinski definition) is 1. The summed E-state index contributed by atoms with van der Waals surface area (Å²) in [6.45, 7) is 6.87. The van der Waals surface area contributed by atoms with Gasteiger partial charge in [-0.2, -0.15) is 0 Å². The minimum absolute atomic E-state index is 0.108. The fraction of sp³-hybridized carbons (Fsp3) is 0.923. The van der Waals surface area contributed by atoms with Gasteiger partial charge in [0.2, 0.25) is 5.91 Å². The standard InChI is InChI=1S/C13H22N2O2/c1-9(16)14-6-11-12-7-15(8-13(11)12)10-2-4-17-5-3-10/h10-13H,2-8H2,1H3,(H,14,16). The number of ether oxygens (including phenoxy) is 1. The minimum atomic E-state index is 0.108. The average Bonchev–Trinajstić information content (AvgIpc) is 2.80. The molecule has 0 bridgehead atoms. The van der Waals surface area contributed by atoms with E-state index >= 15 is 0 Å². The van der Waals surface area contributed by atoms with Crippen LogP contribution in [0, 0.1) is 17.8 Å². The van der Waals surface area contributed by atoms with E-state index in [0.29, 0.717) is 0 Å². The van der Waals surface area contributed by atoms with E-state index in [4.69, 9.17) is 4.74 Å². The molecule has 3 rings (SSSR count). The summed E-state index contributed by atoms with van der Waals surface area (Å²) in [6.07, 6.45) is 2.41. The lowest BCUT2D eigenvalue weighted by Gasteiger charge is -2.32. The van der Waals surface area contributed by atoms with Crippen molar-refractivity contribution < 1.29 is 9.53 Å². The third-order valence-electron chi connectivity index (χ3n) is 4.69. The van der Waals surface area contributed by atoms with Gasteiger partial charge < -0.3 is 10.1 Å². The van der Waals surface area contributed by atoms with E-state index in [1.807, 2.05) is 0 Å². The average molecular weight is 238 g/mol. The summed E-state index contributed by atoms with van der Waals surface area (Å²) < 4.78 is 5.41. The van der Waals surface area contributed by atoms with Crippen LogP contribution in [0.4, 0.5) is 0 Å². The van der Waals surface area contributed by atoms with Gasteiger partial charge in [0, 0.05) is 45.8 Å². The number of fused-ring (bicyclic) bond motifs is 1. The van der Waals surface area contributed by atoms with Crippen LogP contribution < -0.4 is 5.32 Å². The van der Waals surface area contributed by atoms with E-state index in [-0.39, 0.29) is 5.91 Å². The van der Waals surface area contributed by atoms with Gasteiger partial charge in [0.25, 0.3) is 0 Å². The molecular weight excluding hydrogens is 216 g/mol. The summed E-state index contributed by atoms with van der Waals surface area (Å²) in [4.78, 5) is 13.5. The van der Waals surface area contributed by atoms with Crippen molar-refractivity contribution in [2.24, 2.45) is 17.8 Å². The Balaban J connectivity index is 1.43. The quantitative estimate of drug-likeness (QED) is 0.777. The van der Waals surface area contributed by atoms with Gasteiger partial charge in [0.15, 0.2) is 0 Å². The van der Waals surface area contributed by atoms with Crippen LogP contribution in [-0.2, 0) is 9.53 Å². The summed E-state index contributed by atoms with van der Waals surface area (Å²) in [5.74, 6) is 2.57. The van der Waals surface area contributed by atoms with Gasteiger partial charge in [-0.05, 0) is 30.6 Å². The van der Waals surface area contributed by atoms with Crippen molar-refractivity contribution in [2.75, 3.05) is 32.8 Å². The molecule has 2 unspecified atom stereocenters. The Hall–Kier alpha value is -0.610. The first kappa shape index (κ1) is 11.5. The molecule has 4 heteroatoms. The molecule has 0 aromatic carbocycles. The van der Waals surface area contributed by atoms with Crippen molar-refractivity contribution in [2.45, 2.75) is 25.8 Å². The second-order valence-corrected chi connectivity index (χ2v) is 5.73. The zero-order valence-electron chi connectivity index (χ0n) is 10.5. The number of carbonyl (C=O) groups excluding carboxylic acids is 1. The molecule has 2 saturated heterocycles. The first-order valence-electron chi connectivity index (χ1n) is 6.82. The maximum atomic E-state index is 10.9. The maximum absolute atomic E-state index is 10.9. The normalized spacial score (nSPS) is 37.8. The molecule has 1 aliphatic carbocycles. The lowest BCUT2D eigenvalue weighted by atomic mass is 10.1. The Morgan fingerprint density at radius 1 is 1.29 bits per heavy atom. The Morgan fingerprint density at radius 3 is 2.53 bits per heavy atom. The van der Waals surface area contributed by atoms with E-state index in [9.17, 15) is 4.79 Å². The SMILES string of the molecule is CC(=O)NCC1C2CN(C3CCOCC3)CC12. The fourth-order valence-electron chi connectivity index (χ4n) is 3.59. The van der Waals surface area contributed by atoms with Gasteiger partial charge in [0.05, 0.1) is 0 Å². The van der Waals surface area contributed by atoms with Crippen LogP contribution in [0.3, 0.4) is 0 Å². The molecule has 0 aromatic heterocycles. The molecule has 17 heavy (non-hydrogen) atoms. The van der Waals surface area contributed by atoms with Crippen LogP contribution >= 0.6 is 0 Å². The van der Waals surface area contributed by atoms with Gasteiger partial charge in [-0.3, -0.25) is 9.69 Å². The highest BCUT2D eigenvalue weighted by molar-refractivity contribution is 5.72. The first-order valence-corrected chi connectivity index (χ1v) is 6.82. The van der Waals surface area contributed by atoms with Gasteiger partial charge in [-0.1, -0.05) is 0 Å². The predicted molar refractivity (Wildman–Crippen MR) is 64.6 cm³/mol. The highest BCUT2D eigenvalue weighted by Crippen LogP contribution is 2.52. The summed E-state index contributed by atoms with van der Waals surface area (Å²) >= 11 is 0. The Kier molecular flexibility index (Phi) is 3.09. The van der Waals surface area contributed by atoms with Crippen LogP contribution in [-0.4, -0.2) is 49.7 Å². The number of nitrogens with one attached hydrogen (secondary N) is 1. The lowest BCUT2D eigenvalue weighted by Crippen LogP contribution is -2.40. The Morgan fingerprint density at radius 2 is 1.94 bits per heavy atom. The van der Waals surface area contributed by atoms with Crippen LogP contribution in [0.25, 0.3) is 0 Å². The van der Waals surface area contributed by atoms with Crippen molar-refractivity contribution in [1.82, 2.24) is 10.2 Å². The molecule has 3 aliphatic rings. The van der Waals surface area contributed by atoms with Gasteiger partial charge in [0.1, 0.15) is 0 Å². The number of rotatable bonds is 3. The number of nitrogens with zero attached hydrogens (tertiary/aromatic N) is 1. The molecule has 2 aliphatic heterocycles. The lowest BCUT2D eigenvalue weighted by molar-refractivity contribution is -0.119. The van der Waals surface area contributed by atoms with Crippen LogP contribution in [0.1, 0.15) is 19.8 Å². The molecule has 1 amide bonds. The highest BCUT2D eigenvalue weighted by Gasteiger charge is 2.56. The third-order valence-corrected chi connectivity index (χ3v) is 4.69. The third kappa shape index (κ3) is 2.33. The molecule has 3 fully saturated rings. The zero-order chi connectivity index (χ0) is 11.8. The fourth-order valence-corrected chi connectivity index (χ4v) is 3.59. The largest absolute Gasteiger partial charge is 0.381 e. The Bertz CT molecular complexity index is 290. The van der Waals surface area contributed by atoms with Crippen LogP contribution in [0.5, 0.6) is 0 Å². The van der Waals surface area contributed by atoms with E-state index in [1.165, 1.54) is 25.9 Å². The number of carbonyl (C=O) groups is 1. The van der Waals surface area contributed by atoms with E-state index in [0.717, 1.165) is 43.6 Å². The topological polar surface area (TPSA) is 41.6 Å². The molecule has 1 saturated carbocycles. The number of amides is 1. The van der Waals surface area contributed by atoms with Crippen molar-refractivity contribution in [3.63, 3.8) is 0 Å². The number of likely N-dealkylation sites (tertiary alicyclic amines) is 1. The van der Waals surface area contributed by atoms with E-state index < -0.39 is 0 Å². The molecule has 4 nitrogen and oxygen atoms in total. The molecular formula is C13H22N2O2. The molecule has 2 heterocycles. The summed E-state index contributed by atoms with van der Waals surface area (Å²) in [6, 6.07) is 0.762.